The molecule has 1 aromatic heterocycles. The van der Waals surface area contributed by atoms with E-state index in [4.69, 9.17) is 21.4 Å². The van der Waals surface area contributed by atoms with Crippen molar-refractivity contribution in [2.75, 3.05) is 20.7 Å². The van der Waals surface area contributed by atoms with E-state index in [0.29, 0.717) is 16.3 Å². The summed E-state index contributed by atoms with van der Waals surface area (Å²) in [7, 11) is 3.27. The zero-order valence-corrected chi connectivity index (χ0v) is 9.86. The Labute approximate surface area is 98.6 Å². The maximum absolute atomic E-state index is 11.3. The monoisotopic (exact) mass is 244 g/mol. The van der Waals surface area contributed by atoms with Crippen molar-refractivity contribution in [3.05, 3.63) is 23.0 Å². The summed E-state index contributed by atoms with van der Waals surface area (Å²) >= 11 is 5.81. The van der Waals surface area contributed by atoms with Gasteiger partial charge in [0.2, 0.25) is 0 Å². The highest BCUT2D eigenvalue weighted by Gasteiger charge is 2.10. The normalized spacial score (nSPS) is 10.0. The molecule has 0 saturated heterocycles. The molecule has 1 amide bonds. The molecule has 0 aliphatic rings. The lowest BCUT2D eigenvalue weighted by Crippen LogP contribution is -2.27. The number of pyridine rings is 1. The minimum atomic E-state index is -0.257. The van der Waals surface area contributed by atoms with E-state index >= 15 is 0 Å². The van der Waals surface area contributed by atoms with Crippen LogP contribution in [0.1, 0.15) is 5.56 Å². The van der Waals surface area contributed by atoms with Crippen LogP contribution in [0.3, 0.4) is 0 Å². The number of hydrogen-bond donors (Lipinski definition) is 1. The molecule has 88 valence electrons. The molecule has 0 radical (unpaired) electrons. The first-order valence-corrected chi connectivity index (χ1v) is 5.00. The first-order valence-electron chi connectivity index (χ1n) is 4.62. The molecule has 1 N–H and O–H groups in total. The maximum Gasteiger partial charge on any atom is 0.259 e. The number of rotatable bonds is 4. The fourth-order valence-corrected chi connectivity index (χ4v) is 1.20. The second-order valence-corrected chi connectivity index (χ2v) is 3.74. The molecule has 0 fully saturated rings. The number of amides is 1. The minimum absolute atomic E-state index is 0.109. The van der Waals surface area contributed by atoms with E-state index in [0.717, 1.165) is 0 Å². The summed E-state index contributed by atoms with van der Waals surface area (Å²) in [5, 5.41) is 9.40. The van der Waals surface area contributed by atoms with Crippen LogP contribution in [-0.2, 0) is 11.4 Å². The van der Waals surface area contributed by atoms with Crippen LogP contribution < -0.4 is 4.74 Å². The van der Waals surface area contributed by atoms with Crippen molar-refractivity contribution in [1.29, 1.82) is 0 Å². The second-order valence-electron chi connectivity index (χ2n) is 3.33. The van der Waals surface area contributed by atoms with E-state index in [9.17, 15) is 4.79 Å². The Morgan fingerprint density at radius 1 is 1.56 bits per heavy atom. The Morgan fingerprint density at radius 3 is 2.81 bits per heavy atom. The smallest absolute Gasteiger partial charge is 0.259 e. The Hall–Kier alpha value is -1.33. The van der Waals surface area contributed by atoms with Crippen molar-refractivity contribution in [3.8, 4) is 5.75 Å². The van der Waals surface area contributed by atoms with Crippen LogP contribution in [0.4, 0.5) is 0 Å². The van der Waals surface area contributed by atoms with Crippen molar-refractivity contribution >= 4 is 17.5 Å². The van der Waals surface area contributed by atoms with Crippen LogP contribution in [0.2, 0.25) is 5.02 Å². The molecule has 1 rings (SSSR count). The lowest BCUT2D eigenvalue weighted by molar-refractivity contribution is -0.130. The average molecular weight is 245 g/mol. The predicted molar refractivity (Wildman–Crippen MR) is 59.4 cm³/mol. The standard InChI is InChI=1S/C10H13ClN2O3/c1-13(2)10(15)6-16-9-4-12-3-8(11)7(9)5-14/h3-4,14H,5-6H2,1-2H3. The number of likely N-dealkylation sites (N-methyl/N-ethyl adjacent to an activating group) is 1. The highest BCUT2D eigenvalue weighted by Crippen LogP contribution is 2.24. The van der Waals surface area contributed by atoms with Gasteiger partial charge >= 0.3 is 0 Å². The van der Waals surface area contributed by atoms with E-state index in [1.54, 1.807) is 14.1 Å². The Bertz CT molecular complexity index is 382. The van der Waals surface area contributed by atoms with Gasteiger partial charge in [0.25, 0.3) is 5.91 Å². The van der Waals surface area contributed by atoms with E-state index in [1.165, 1.54) is 17.3 Å². The van der Waals surface area contributed by atoms with Crippen molar-refractivity contribution in [1.82, 2.24) is 9.88 Å². The van der Waals surface area contributed by atoms with Crippen LogP contribution in [-0.4, -0.2) is 41.6 Å². The van der Waals surface area contributed by atoms with Crippen LogP contribution in [0, 0.1) is 0 Å². The maximum atomic E-state index is 11.3. The average Bonchev–Trinajstić information content (AvgIpc) is 2.25. The van der Waals surface area contributed by atoms with Crippen molar-refractivity contribution in [3.63, 3.8) is 0 Å². The summed E-state index contributed by atoms with van der Waals surface area (Å²) in [4.78, 5) is 16.5. The first kappa shape index (κ1) is 12.7. The fourth-order valence-electron chi connectivity index (χ4n) is 0.990. The number of nitrogens with zero attached hydrogens (tertiary/aromatic N) is 2. The fraction of sp³-hybridized carbons (Fsp3) is 0.400. The third-order valence-electron chi connectivity index (χ3n) is 1.97. The Balaban J connectivity index is 2.74. The molecular weight excluding hydrogens is 232 g/mol. The number of carbonyl (C=O) groups excluding carboxylic acids is 1. The number of halogens is 1. The van der Waals surface area contributed by atoms with Crippen molar-refractivity contribution < 1.29 is 14.6 Å². The van der Waals surface area contributed by atoms with Gasteiger partial charge < -0.3 is 14.7 Å². The molecule has 0 bridgehead atoms. The molecule has 16 heavy (non-hydrogen) atoms. The van der Waals surface area contributed by atoms with Gasteiger partial charge in [-0.2, -0.15) is 0 Å². The van der Waals surface area contributed by atoms with E-state index in [-0.39, 0.29) is 19.1 Å². The molecule has 6 heteroatoms. The van der Waals surface area contributed by atoms with Gasteiger partial charge in [0.1, 0.15) is 5.75 Å². The summed E-state index contributed by atoms with van der Waals surface area (Å²) in [5.41, 5.74) is 0.434. The molecular formula is C10H13ClN2O3. The number of aromatic nitrogens is 1. The molecule has 1 aromatic rings. The van der Waals surface area contributed by atoms with Gasteiger partial charge in [0, 0.05) is 25.9 Å². The molecule has 0 saturated carbocycles. The summed E-state index contributed by atoms with van der Waals surface area (Å²) in [6, 6.07) is 0. The molecule has 0 aliphatic heterocycles. The molecule has 1 heterocycles. The number of aliphatic hydroxyl groups is 1. The molecule has 0 atom stereocenters. The quantitative estimate of drug-likeness (QED) is 0.847. The first-order chi connectivity index (χ1) is 7.56. The van der Waals surface area contributed by atoms with Gasteiger partial charge in [-0.05, 0) is 0 Å². The highest BCUT2D eigenvalue weighted by atomic mass is 35.5. The van der Waals surface area contributed by atoms with Gasteiger partial charge in [0.15, 0.2) is 6.61 Å². The Morgan fingerprint density at radius 2 is 2.25 bits per heavy atom. The third kappa shape index (κ3) is 3.08. The SMILES string of the molecule is CN(C)C(=O)COc1cncc(Cl)c1CO. The van der Waals surface area contributed by atoms with Crippen LogP contribution >= 0.6 is 11.6 Å². The largest absolute Gasteiger partial charge is 0.482 e. The summed E-state index contributed by atoms with van der Waals surface area (Å²) in [5.74, 6) is 0.147. The number of aliphatic hydroxyl groups excluding tert-OH is 1. The lowest BCUT2D eigenvalue weighted by Gasteiger charge is -2.13. The number of carbonyl (C=O) groups is 1. The topological polar surface area (TPSA) is 62.7 Å². The lowest BCUT2D eigenvalue weighted by atomic mass is 10.2. The molecule has 0 aromatic carbocycles. The predicted octanol–water partition coefficient (Wildman–Crippen LogP) is 0.694. The minimum Gasteiger partial charge on any atom is -0.482 e. The Kier molecular flexibility index (Phi) is 4.52. The molecule has 5 nitrogen and oxygen atoms in total. The third-order valence-corrected chi connectivity index (χ3v) is 2.30. The summed E-state index contributed by atoms with van der Waals surface area (Å²) in [6.07, 6.45) is 2.83. The highest BCUT2D eigenvalue weighted by molar-refractivity contribution is 6.31. The van der Waals surface area contributed by atoms with E-state index in [1.807, 2.05) is 0 Å². The van der Waals surface area contributed by atoms with Gasteiger partial charge in [-0.1, -0.05) is 11.6 Å². The summed E-state index contributed by atoms with van der Waals surface area (Å²) in [6.45, 7) is -0.366. The van der Waals surface area contributed by atoms with Crippen molar-refractivity contribution in [2.24, 2.45) is 0 Å². The van der Waals surface area contributed by atoms with Crippen LogP contribution in [0.5, 0.6) is 5.75 Å². The molecule has 0 unspecified atom stereocenters. The van der Waals surface area contributed by atoms with Gasteiger partial charge in [-0.25, -0.2) is 0 Å². The van der Waals surface area contributed by atoms with E-state index in [2.05, 4.69) is 4.98 Å². The molecule has 0 aliphatic carbocycles. The van der Waals surface area contributed by atoms with Gasteiger partial charge in [-0.3, -0.25) is 9.78 Å². The van der Waals surface area contributed by atoms with Crippen LogP contribution in [0.25, 0.3) is 0 Å². The van der Waals surface area contributed by atoms with Gasteiger partial charge in [0.05, 0.1) is 17.8 Å². The summed E-state index contributed by atoms with van der Waals surface area (Å²) < 4.78 is 5.23. The van der Waals surface area contributed by atoms with E-state index < -0.39 is 0 Å². The zero-order valence-electron chi connectivity index (χ0n) is 9.11. The second kappa shape index (κ2) is 5.67. The number of hydrogen-bond acceptors (Lipinski definition) is 4. The zero-order chi connectivity index (χ0) is 12.1. The van der Waals surface area contributed by atoms with Gasteiger partial charge in [-0.15, -0.1) is 0 Å². The van der Waals surface area contributed by atoms with Crippen LogP contribution in [0.15, 0.2) is 12.4 Å². The molecule has 0 spiro atoms. The number of ether oxygens (including phenoxy) is 1. The van der Waals surface area contributed by atoms with Crippen molar-refractivity contribution in [2.45, 2.75) is 6.61 Å².